The minimum Gasteiger partial charge on any atom is -0.377 e. The van der Waals surface area contributed by atoms with Gasteiger partial charge in [0.1, 0.15) is 0 Å². The Kier molecular flexibility index (Phi) is 4.90. The molecule has 0 radical (unpaired) electrons. The summed E-state index contributed by atoms with van der Waals surface area (Å²) >= 11 is 0. The van der Waals surface area contributed by atoms with Gasteiger partial charge in [0.15, 0.2) is 0 Å². The maximum absolute atomic E-state index is 12.6. The van der Waals surface area contributed by atoms with E-state index in [2.05, 4.69) is 43.1 Å². The number of carbonyl (C=O) groups is 1. The lowest BCUT2D eigenvalue weighted by molar-refractivity contribution is -0.122. The van der Waals surface area contributed by atoms with Gasteiger partial charge < -0.3 is 15.0 Å². The molecule has 2 aliphatic heterocycles. The molecule has 1 aromatic carbocycles. The van der Waals surface area contributed by atoms with Crippen molar-refractivity contribution in [3.8, 4) is 0 Å². The van der Waals surface area contributed by atoms with E-state index in [9.17, 15) is 4.79 Å². The number of hydrogen-bond donors (Lipinski definition) is 1. The van der Waals surface area contributed by atoms with Gasteiger partial charge >= 0.3 is 0 Å². The van der Waals surface area contributed by atoms with E-state index in [4.69, 9.17) is 4.74 Å². The van der Waals surface area contributed by atoms with Crippen molar-refractivity contribution < 1.29 is 9.53 Å². The zero-order valence-corrected chi connectivity index (χ0v) is 14.5. The van der Waals surface area contributed by atoms with Gasteiger partial charge in [-0.05, 0) is 55.9 Å². The van der Waals surface area contributed by atoms with Crippen LogP contribution < -0.4 is 10.2 Å². The number of benzene rings is 1. The van der Waals surface area contributed by atoms with Gasteiger partial charge in [0, 0.05) is 31.1 Å². The Hall–Kier alpha value is -1.55. The maximum atomic E-state index is 12.6. The monoisotopic (exact) mass is 316 g/mol. The van der Waals surface area contributed by atoms with Crippen LogP contribution in [0.15, 0.2) is 18.2 Å². The molecular weight excluding hydrogens is 288 g/mol. The minimum absolute atomic E-state index is 0.0346. The standard InChI is InChI=1S/C19H28N2O2/c1-13(2)18-16(8-11-23-18)19(22)20-17-7-6-15(12-14(17)3)21-9-4-5-10-21/h6-7,12-13,16,18H,4-5,8-11H2,1-3H3,(H,20,22)/t16-,18+/m0/s1. The first-order valence-corrected chi connectivity index (χ1v) is 8.84. The van der Waals surface area contributed by atoms with Crippen LogP contribution in [-0.4, -0.2) is 31.7 Å². The van der Waals surface area contributed by atoms with Gasteiger partial charge in [0.25, 0.3) is 0 Å². The number of aryl methyl sites for hydroxylation is 1. The molecule has 23 heavy (non-hydrogen) atoms. The normalized spacial score (nSPS) is 24.4. The van der Waals surface area contributed by atoms with Gasteiger partial charge in [-0.25, -0.2) is 0 Å². The number of anilines is 2. The van der Waals surface area contributed by atoms with Crippen molar-refractivity contribution in [2.45, 2.75) is 46.1 Å². The molecule has 4 heteroatoms. The number of rotatable bonds is 4. The van der Waals surface area contributed by atoms with Crippen molar-refractivity contribution in [2.24, 2.45) is 11.8 Å². The molecule has 1 amide bonds. The van der Waals surface area contributed by atoms with Crippen LogP contribution in [0, 0.1) is 18.8 Å². The molecule has 0 unspecified atom stereocenters. The topological polar surface area (TPSA) is 41.6 Å². The highest BCUT2D eigenvalue weighted by Crippen LogP contribution is 2.30. The van der Waals surface area contributed by atoms with Gasteiger partial charge in [-0.15, -0.1) is 0 Å². The van der Waals surface area contributed by atoms with Crippen LogP contribution in [0.2, 0.25) is 0 Å². The lowest BCUT2D eigenvalue weighted by Gasteiger charge is -2.22. The van der Waals surface area contributed by atoms with E-state index < -0.39 is 0 Å². The van der Waals surface area contributed by atoms with Gasteiger partial charge in [-0.3, -0.25) is 4.79 Å². The van der Waals surface area contributed by atoms with Crippen LogP contribution in [0.1, 0.15) is 38.7 Å². The Bertz CT molecular complexity index is 564. The third kappa shape index (κ3) is 3.52. The zero-order valence-electron chi connectivity index (χ0n) is 14.5. The highest BCUT2D eigenvalue weighted by Gasteiger charge is 2.36. The molecule has 2 aliphatic rings. The van der Waals surface area contributed by atoms with Crippen LogP contribution in [-0.2, 0) is 9.53 Å². The smallest absolute Gasteiger partial charge is 0.230 e. The lowest BCUT2D eigenvalue weighted by atomic mass is 9.92. The van der Waals surface area contributed by atoms with Crippen LogP contribution in [0.5, 0.6) is 0 Å². The van der Waals surface area contributed by atoms with Crippen molar-refractivity contribution in [1.82, 2.24) is 0 Å². The molecule has 2 saturated heterocycles. The average molecular weight is 316 g/mol. The van der Waals surface area contributed by atoms with Gasteiger partial charge in [0.05, 0.1) is 12.0 Å². The van der Waals surface area contributed by atoms with Gasteiger partial charge in [-0.2, -0.15) is 0 Å². The largest absolute Gasteiger partial charge is 0.377 e. The highest BCUT2D eigenvalue weighted by molar-refractivity contribution is 5.94. The molecule has 2 heterocycles. The molecule has 0 aromatic heterocycles. The summed E-state index contributed by atoms with van der Waals surface area (Å²) in [5, 5.41) is 3.12. The third-order valence-corrected chi connectivity index (χ3v) is 5.07. The van der Waals surface area contributed by atoms with Crippen LogP contribution in [0.3, 0.4) is 0 Å². The number of nitrogens with one attached hydrogen (secondary N) is 1. The van der Waals surface area contributed by atoms with Crippen LogP contribution >= 0.6 is 0 Å². The summed E-state index contributed by atoms with van der Waals surface area (Å²) in [4.78, 5) is 15.0. The van der Waals surface area contributed by atoms with E-state index in [1.54, 1.807) is 0 Å². The maximum Gasteiger partial charge on any atom is 0.230 e. The average Bonchev–Trinajstić information content (AvgIpc) is 3.20. The van der Waals surface area contributed by atoms with Crippen molar-refractivity contribution >= 4 is 17.3 Å². The van der Waals surface area contributed by atoms with Crippen LogP contribution in [0.25, 0.3) is 0 Å². The van der Waals surface area contributed by atoms with E-state index in [0.717, 1.165) is 30.8 Å². The molecule has 1 N–H and O–H groups in total. The van der Waals surface area contributed by atoms with Crippen LogP contribution in [0.4, 0.5) is 11.4 Å². The molecule has 2 fully saturated rings. The summed E-state index contributed by atoms with van der Waals surface area (Å²) in [6.07, 6.45) is 3.41. The first kappa shape index (κ1) is 16.3. The molecule has 0 bridgehead atoms. The Balaban J connectivity index is 1.68. The first-order valence-electron chi connectivity index (χ1n) is 8.84. The van der Waals surface area contributed by atoms with E-state index in [0.29, 0.717) is 12.5 Å². The second kappa shape index (κ2) is 6.91. The third-order valence-electron chi connectivity index (χ3n) is 5.07. The molecule has 3 rings (SSSR count). The lowest BCUT2D eigenvalue weighted by Crippen LogP contribution is -2.33. The van der Waals surface area contributed by atoms with Gasteiger partial charge in [-0.1, -0.05) is 13.8 Å². The van der Waals surface area contributed by atoms with Crippen molar-refractivity contribution in [1.29, 1.82) is 0 Å². The molecular formula is C19H28N2O2. The molecule has 0 aliphatic carbocycles. The van der Waals surface area contributed by atoms with E-state index in [1.165, 1.54) is 18.5 Å². The second-order valence-corrected chi connectivity index (χ2v) is 7.16. The number of carbonyl (C=O) groups excluding carboxylic acids is 1. The quantitative estimate of drug-likeness (QED) is 0.923. The summed E-state index contributed by atoms with van der Waals surface area (Å²) in [6, 6.07) is 6.35. The highest BCUT2D eigenvalue weighted by atomic mass is 16.5. The molecule has 126 valence electrons. The SMILES string of the molecule is Cc1cc(N2CCCC2)ccc1NC(=O)[C@H]1CCO[C@@H]1C(C)C. The summed E-state index contributed by atoms with van der Waals surface area (Å²) in [6.45, 7) is 9.27. The number of ether oxygens (including phenoxy) is 1. The minimum atomic E-state index is -0.0346. The zero-order chi connectivity index (χ0) is 16.4. The molecule has 0 spiro atoms. The fourth-order valence-electron chi connectivity index (χ4n) is 3.73. The summed E-state index contributed by atoms with van der Waals surface area (Å²) < 4.78 is 5.74. The Morgan fingerprint density at radius 2 is 2.04 bits per heavy atom. The Morgan fingerprint density at radius 3 is 2.70 bits per heavy atom. The first-order chi connectivity index (χ1) is 11.1. The Morgan fingerprint density at radius 1 is 1.30 bits per heavy atom. The predicted molar refractivity (Wildman–Crippen MR) is 93.9 cm³/mol. The summed E-state index contributed by atoms with van der Waals surface area (Å²) in [7, 11) is 0. The van der Waals surface area contributed by atoms with Crippen molar-refractivity contribution in [3.05, 3.63) is 23.8 Å². The fraction of sp³-hybridized carbons (Fsp3) is 0.632. The molecule has 1 aromatic rings. The number of hydrogen-bond acceptors (Lipinski definition) is 3. The fourth-order valence-corrected chi connectivity index (χ4v) is 3.73. The number of nitrogens with zero attached hydrogens (tertiary/aromatic N) is 1. The Labute approximate surface area is 139 Å². The molecule has 4 nitrogen and oxygen atoms in total. The summed E-state index contributed by atoms with van der Waals surface area (Å²) in [5.74, 6) is 0.428. The molecule has 0 saturated carbocycles. The van der Waals surface area contributed by atoms with E-state index in [1.807, 2.05) is 6.07 Å². The summed E-state index contributed by atoms with van der Waals surface area (Å²) in [5.41, 5.74) is 3.32. The van der Waals surface area contributed by atoms with Gasteiger partial charge in [0.2, 0.25) is 5.91 Å². The molecule has 2 atom stereocenters. The predicted octanol–water partition coefficient (Wildman–Crippen LogP) is 3.59. The second-order valence-electron chi connectivity index (χ2n) is 7.16. The van der Waals surface area contributed by atoms with E-state index >= 15 is 0 Å². The number of amides is 1. The van der Waals surface area contributed by atoms with E-state index in [-0.39, 0.29) is 17.9 Å². The van der Waals surface area contributed by atoms with Crippen molar-refractivity contribution in [2.75, 3.05) is 29.9 Å². The van der Waals surface area contributed by atoms with Crippen molar-refractivity contribution in [3.63, 3.8) is 0 Å².